The van der Waals surface area contributed by atoms with Gasteiger partial charge >= 0.3 is 12.1 Å². The summed E-state index contributed by atoms with van der Waals surface area (Å²) in [5.41, 5.74) is 4.90. The van der Waals surface area contributed by atoms with E-state index in [0.29, 0.717) is 6.42 Å². The van der Waals surface area contributed by atoms with Gasteiger partial charge in [-0.3, -0.25) is 9.59 Å². The summed E-state index contributed by atoms with van der Waals surface area (Å²) in [6, 6.07) is 15.3. The number of aliphatic carboxylic acids is 1. The van der Waals surface area contributed by atoms with Crippen molar-refractivity contribution in [2.24, 2.45) is 5.41 Å². The molecule has 1 atom stereocenters. The van der Waals surface area contributed by atoms with Crippen LogP contribution in [0.2, 0.25) is 0 Å². The molecular weight excluding hydrogens is 444 g/mol. The number of amides is 2. The molecule has 0 bridgehead atoms. The van der Waals surface area contributed by atoms with E-state index in [0.717, 1.165) is 27.8 Å². The van der Waals surface area contributed by atoms with Gasteiger partial charge in [0.1, 0.15) is 12.6 Å². The molecule has 1 unspecified atom stereocenters. The Bertz CT molecular complexity index is 1070. The molecule has 3 rings (SSSR count). The average Bonchev–Trinajstić information content (AvgIpc) is 3.11. The van der Waals surface area contributed by atoms with E-state index < -0.39 is 23.5 Å². The van der Waals surface area contributed by atoms with Gasteiger partial charge in [0.25, 0.3) is 0 Å². The maximum Gasteiger partial charge on any atom is 0.407 e. The lowest BCUT2D eigenvalue weighted by molar-refractivity contribution is -0.139. The van der Waals surface area contributed by atoms with Gasteiger partial charge in [-0.1, -0.05) is 74.0 Å². The highest BCUT2D eigenvalue weighted by molar-refractivity contribution is 5.86. The quantitative estimate of drug-likeness (QED) is 0.423. The van der Waals surface area contributed by atoms with Gasteiger partial charge in [-0.2, -0.15) is 0 Å². The summed E-state index contributed by atoms with van der Waals surface area (Å²) in [5.74, 6) is -1.38. The van der Waals surface area contributed by atoms with Crippen LogP contribution in [0, 0.1) is 5.41 Å². The fourth-order valence-electron chi connectivity index (χ4n) is 4.29. The highest BCUT2D eigenvalue weighted by Crippen LogP contribution is 2.44. The summed E-state index contributed by atoms with van der Waals surface area (Å²) >= 11 is 0. The largest absolute Gasteiger partial charge is 0.481 e. The van der Waals surface area contributed by atoms with Crippen molar-refractivity contribution in [1.29, 1.82) is 0 Å². The van der Waals surface area contributed by atoms with Crippen LogP contribution in [0.15, 0.2) is 60.2 Å². The van der Waals surface area contributed by atoms with Gasteiger partial charge in [-0.05, 0) is 47.9 Å². The third kappa shape index (κ3) is 6.94. The Balaban J connectivity index is 1.64. The van der Waals surface area contributed by atoms with Gasteiger partial charge in [-0.25, -0.2) is 4.79 Å². The number of carboxylic acid groups (broad SMARTS) is 1. The van der Waals surface area contributed by atoms with Gasteiger partial charge in [0.05, 0.1) is 6.42 Å². The first-order chi connectivity index (χ1) is 16.6. The fraction of sp³-hybridized carbons (Fsp3) is 0.393. The third-order valence-corrected chi connectivity index (χ3v) is 6.09. The predicted octanol–water partition coefficient (Wildman–Crippen LogP) is 4.87. The highest BCUT2D eigenvalue weighted by atomic mass is 16.5. The van der Waals surface area contributed by atoms with E-state index in [1.165, 1.54) is 0 Å². The molecule has 7 nitrogen and oxygen atoms in total. The third-order valence-electron chi connectivity index (χ3n) is 6.09. The summed E-state index contributed by atoms with van der Waals surface area (Å²) in [4.78, 5) is 36.6. The fourth-order valence-corrected chi connectivity index (χ4v) is 4.29. The van der Waals surface area contributed by atoms with Crippen LogP contribution in [0.25, 0.3) is 11.1 Å². The highest BCUT2D eigenvalue weighted by Gasteiger charge is 2.30. The van der Waals surface area contributed by atoms with Crippen LogP contribution in [0.4, 0.5) is 4.79 Å². The van der Waals surface area contributed by atoms with Crippen molar-refractivity contribution in [1.82, 2.24) is 10.6 Å². The number of carboxylic acids is 1. The molecule has 0 saturated carbocycles. The molecule has 0 aliphatic heterocycles. The second kappa shape index (κ2) is 11.2. The zero-order chi connectivity index (χ0) is 25.6. The molecule has 0 heterocycles. The summed E-state index contributed by atoms with van der Waals surface area (Å²) in [7, 11) is 0. The number of carbonyl (C=O) groups excluding carboxylic acids is 2. The first-order valence-corrected chi connectivity index (χ1v) is 11.8. The predicted molar refractivity (Wildman–Crippen MR) is 135 cm³/mol. The molecule has 7 heteroatoms. The molecular formula is C28H34N2O5. The molecule has 0 aromatic heterocycles. The Morgan fingerprint density at radius 3 is 2.14 bits per heavy atom. The van der Waals surface area contributed by atoms with Gasteiger partial charge < -0.3 is 20.5 Å². The number of carbonyl (C=O) groups is 3. The normalized spacial score (nSPS) is 13.3. The lowest BCUT2D eigenvalue weighted by Crippen LogP contribution is -2.49. The van der Waals surface area contributed by atoms with Crippen LogP contribution in [0.1, 0.15) is 57.6 Å². The van der Waals surface area contributed by atoms with Crippen molar-refractivity contribution in [3.63, 3.8) is 0 Å². The minimum Gasteiger partial charge on any atom is -0.481 e. The number of hydrogen-bond acceptors (Lipinski definition) is 4. The zero-order valence-corrected chi connectivity index (χ0v) is 20.8. The summed E-state index contributed by atoms with van der Waals surface area (Å²) in [6.45, 7) is 7.70. The molecule has 3 N–H and O–H groups in total. The van der Waals surface area contributed by atoms with E-state index in [4.69, 9.17) is 9.84 Å². The lowest BCUT2D eigenvalue weighted by atomic mass is 9.89. The van der Waals surface area contributed by atoms with Crippen molar-refractivity contribution >= 4 is 18.0 Å². The summed E-state index contributed by atoms with van der Waals surface area (Å²) in [5, 5.41) is 14.5. The van der Waals surface area contributed by atoms with Gasteiger partial charge in [0, 0.05) is 12.5 Å². The molecule has 2 amide bonds. The number of alkyl carbamates (subject to hydrolysis) is 1. The van der Waals surface area contributed by atoms with Crippen LogP contribution < -0.4 is 10.6 Å². The Morgan fingerprint density at radius 1 is 1.03 bits per heavy atom. The molecule has 1 aliphatic rings. The van der Waals surface area contributed by atoms with Crippen molar-refractivity contribution < 1.29 is 24.2 Å². The average molecular weight is 479 g/mol. The van der Waals surface area contributed by atoms with Crippen molar-refractivity contribution in [2.75, 3.05) is 13.2 Å². The molecule has 0 saturated heterocycles. The number of ether oxygens (including phenoxy) is 1. The van der Waals surface area contributed by atoms with E-state index in [9.17, 15) is 14.4 Å². The standard InChI is InChI=1S/C28H34N2O5/c1-18(2)13-14-24(26(33)29-17-28(3,4)15-25(31)32)30-27(34)35-16-23-21-11-7-5-9-19(21)20-10-6-8-12-22(20)23/h5-13,23-24H,14-17H2,1-4H3,(H,29,33)(H,30,34)(H,31,32). The van der Waals surface area contributed by atoms with Crippen LogP contribution in [0.3, 0.4) is 0 Å². The summed E-state index contributed by atoms with van der Waals surface area (Å²) < 4.78 is 5.60. The van der Waals surface area contributed by atoms with Crippen LogP contribution in [0.5, 0.6) is 0 Å². The SMILES string of the molecule is CC(C)=CCC(NC(=O)OCC1c2ccccc2-c2ccccc21)C(=O)NCC(C)(C)CC(=O)O. The summed E-state index contributed by atoms with van der Waals surface area (Å²) in [6.07, 6.45) is 1.43. The number of hydrogen-bond donors (Lipinski definition) is 3. The number of fused-ring (bicyclic) bond motifs is 3. The number of allylic oxidation sites excluding steroid dienone is 1. The van der Waals surface area contributed by atoms with Gasteiger partial charge in [0.15, 0.2) is 0 Å². The Labute approximate surface area is 206 Å². The number of benzene rings is 2. The number of nitrogens with one attached hydrogen (secondary N) is 2. The first-order valence-electron chi connectivity index (χ1n) is 11.8. The first kappa shape index (κ1) is 26.0. The van der Waals surface area contributed by atoms with Crippen LogP contribution >= 0.6 is 0 Å². The minimum absolute atomic E-state index is 0.0740. The molecule has 1 aliphatic carbocycles. The van der Waals surface area contributed by atoms with E-state index >= 15 is 0 Å². The number of rotatable bonds is 10. The van der Waals surface area contributed by atoms with Crippen molar-refractivity contribution in [3.05, 3.63) is 71.3 Å². The van der Waals surface area contributed by atoms with E-state index in [2.05, 4.69) is 22.8 Å². The van der Waals surface area contributed by atoms with E-state index in [-0.39, 0.29) is 31.4 Å². The maximum atomic E-state index is 12.9. The van der Waals surface area contributed by atoms with E-state index in [1.54, 1.807) is 13.8 Å². The maximum absolute atomic E-state index is 12.9. The second-order valence-electron chi connectivity index (χ2n) is 9.99. The molecule has 0 fully saturated rings. The van der Waals surface area contributed by atoms with E-state index in [1.807, 2.05) is 56.3 Å². The van der Waals surface area contributed by atoms with Gasteiger partial charge in [0.2, 0.25) is 5.91 Å². The Kier molecular flexibility index (Phi) is 8.33. The molecule has 186 valence electrons. The Morgan fingerprint density at radius 2 is 1.60 bits per heavy atom. The molecule has 0 spiro atoms. The zero-order valence-electron chi connectivity index (χ0n) is 20.8. The van der Waals surface area contributed by atoms with Gasteiger partial charge in [-0.15, -0.1) is 0 Å². The molecule has 35 heavy (non-hydrogen) atoms. The minimum atomic E-state index is -0.929. The monoisotopic (exact) mass is 478 g/mol. The van der Waals surface area contributed by atoms with Crippen LogP contribution in [-0.4, -0.2) is 42.3 Å². The second-order valence-corrected chi connectivity index (χ2v) is 9.99. The van der Waals surface area contributed by atoms with Crippen molar-refractivity contribution in [3.8, 4) is 11.1 Å². The Hall–Kier alpha value is -3.61. The smallest absolute Gasteiger partial charge is 0.407 e. The molecule has 0 radical (unpaired) electrons. The lowest BCUT2D eigenvalue weighted by Gasteiger charge is -2.25. The van der Waals surface area contributed by atoms with Crippen LogP contribution in [-0.2, 0) is 14.3 Å². The topological polar surface area (TPSA) is 105 Å². The molecule has 2 aromatic carbocycles. The molecule has 2 aromatic rings. The van der Waals surface area contributed by atoms with Crippen molar-refractivity contribution in [2.45, 2.75) is 52.5 Å².